The van der Waals surface area contributed by atoms with Crippen LogP contribution in [0.4, 0.5) is 11.4 Å². The molecule has 7 heteroatoms. The standard InChI is InChI=1S/C16H16N2O5/c1-17-13-8-7-11(9-14(13)18(20)21)16(19)23-10-12-5-3-4-6-15(12)22-2/h3-9,17H,10H2,1-2H3. The number of anilines is 1. The minimum absolute atomic E-state index is 0.0183. The summed E-state index contributed by atoms with van der Waals surface area (Å²) < 4.78 is 10.4. The van der Waals surface area contributed by atoms with Gasteiger partial charge in [-0.05, 0) is 18.2 Å². The molecule has 0 aliphatic heterocycles. The van der Waals surface area contributed by atoms with E-state index in [-0.39, 0.29) is 17.9 Å². The molecular weight excluding hydrogens is 300 g/mol. The first-order chi connectivity index (χ1) is 11.1. The predicted octanol–water partition coefficient (Wildman–Crippen LogP) is 3.00. The summed E-state index contributed by atoms with van der Waals surface area (Å²) in [6.45, 7) is 0.0183. The zero-order valence-electron chi connectivity index (χ0n) is 12.7. The number of nitrogens with zero attached hydrogens (tertiary/aromatic N) is 1. The Bertz CT molecular complexity index is 730. The molecule has 0 spiro atoms. The van der Waals surface area contributed by atoms with Crippen LogP contribution in [0.2, 0.25) is 0 Å². The summed E-state index contributed by atoms with van der Waals surface area (Å²) >= 11 is 0. The van der Waals surface area contributed by atoms with Crippen molar-refractivity contribution in [3.05, 3.63) is 63.7 Å². The maximum absolute atomic E-state index is 12.1. The molecule has 2 aromatic carbocycles. The van der Waals surface area contributed by atoms with E-state index in [1.165, 1.54) is 25.3 Å². The molecule has 23 heavy (non-hydrogen) atoms. The molecule has 7 nitrogen and oxygen atoms in total. The maximum atomic E-state index is 12.1. The van der Waals surface area contributed by atoms with Crippen molar-refractivity contribution < 1.29 is 19.2 Å². The molecule has 0 saturated carbocycles. The predicted molar refractivity (Wildman–Crippen MR) is 84.8 cm³/mol. The highest BCUT2D eigenvalue weighted by Gasteiger charge is 2.18. The number of esters is 1. The van der Waals surface area contributed by atoms with Crippen molar-refractivity contribution >= 4 is 17.3 Å². The Morgan fingerprint density at radius 2 is 2.00 bits per heavy atom. The molecule has 0 aliphatic carbocycles. The van der Waals surface area contributed by atoms with Gasteiger partial charge in [0.2, 0.25) is 0 Å². The van der Waals surface area contributed by atoms with Crippen LogP contribution in [0.15, 0.2) is 42.5 Å². The van der Waals surface area contributed by atoms with Crippen molar-refractivity contribution in [2.24, 2.45) is 0 Å². The highest BCUT2D eigenvalue weighted by atomic mass is 16.6. The minimum atomic E-state index is -0.637. The summed E-state index contributed by atoms with van der Waals surface area (Å²) in [4.78, 5) is 22.5. The molecule has 0 atom stereocenters. The lowest BCUT2D eigenvalue weighted by Crippen LogP contribution is -2.07. The number of hydrogen-bond donors (Lipinski definition) is 1. The number of nitrogens with one attached hydrogen (secondary N) is 1. The number of carbonyl (C=O) groups excluding carboxylic acids is 1. The third-order valence-corrected chi connectivity index (χ3v) is 3.25. The van der Waals surface area contributed by atoms with Gasteiger partial charge in [-0.15, -0.1) is 0 Å². The second kappa shape index (κ2) is 7.26. The number of hydrogen-bond acceptors (Lipinski definition) is 6. The number of methoxy groups -OCH3 is 1. The summed E-state index contributed by atoms with van der Waals surface area (Å²) in [7, 11) is 3.10. The van der Waals surface area contributed by atoms with Crippen molar-refractivity contribution in [1.29, 1.82) is 0 Å². The van der Waals surface area contributed by atoms with Crippen LogP contribution in [0.25, 0.3) is 0 Å². The lowest BCUT2D eigenvalue weighted by molar-refractivity contribution is -0.384. The van der Waals surface area contributed by atoms with Crippen molar-refractivity contribution in [2.45, 2.75) is 6.61 Å². The Morgan fingerprint density at radius 1 is 1.26 bits per heavy atom. The molecule has 1 N–H and O–H groups in total. The van der Waals surface area contributed by atoms with E-state index in [0.717, 1.165) is 0 Å². The fraction of sp³-hybridized carbons (Fsp3) is 0.188. The Labute approximate surface area is 133 Å². The molecule has 0 bridgehead atoms. The molecular formula is C16H16N2O5. The van der Waals surface area contributed by atoms with Gasteiger partial charge in [0.1, 0.15) is 18.0 Å². The number of para-hydroxylation sites is 1. The summed E-state index contributed by atoms with van der Waals surface area (Å²) in [6.07, 6.45) is 0. The van der Waals surface area contributed by atoms with E-state index in [1.54, 1.807) is 25.2 Å². The summed E-state index contributed by atoms with van der Waals surface area (Å²) in [5, 5.41) is 13.7. The molecule has 2 rings (SSSR count). The molecule has 0 saturated heterocycles. The average molecular weight is 316 g/mol. The van der Waals surface area contributed by atoms with Crippen molar-refractivity contribution in [3.8, 4) is 5.75 Å². The van der Waals surface area contributed by atoms with Gasteiger partial charge in [0, 0.05) is 18.7 Å². The molecule has 0 radical (unpaired) electrons. The molecule has 0 aromatic heterocycles. The lowest BCUT2D eigenvalue weighted by Gasteiger charge is -2.09. The topological polar surface area (TPSA) is 90.7 Å². The third-order valence-electron chi connectivity index (χ3n) is 3.25. The highest BCUT2D eigenvalue weighted by Crippen LogP contribution is 2.26. The third kappa shape index (κ3) is 3.76. The van der Waals surface area contributed by atoms with Crippen molar-refractivity contribution in [1.82, 2.24) is 0 Å². The molecule has 2 aromatic rings. The SMILES string of the molecule is CNc1ccc(C(=O)OCc2ccccc2OC)cc1[N+](=O)[O-]. The van der Waals surface area contributed by atoms with E-state index in [9.17, 15) is 14.9 Å². The van der Waals surface area contributed by atoms with Crippen molar-refractivity contribution in [2.75, 3.05) is 19.5 Å². The summed E-state index contributed by atoms with van der Waals surface area (Å²) in [5.74, 6) is -0.0292. The molecule has 0 fully saturated rings. The van der Waals surface area contributed by atoms with E-state index in [1.807, 2.05) is 6.07 Å². The Morgan fingerprint density at radius 3 is 2.65 bits per heavy atom. The average Bonchev–Trinajstić information content (AvgIpc) is 2.59. The Hall–Kier alpha value is -3.09. The molecule has 0 unspecified atom stereocenters. The summed E-state index contributed by atoms with van der Waals surface area (Å²) in [6, 6.07) is 11.3. The van der Waals surface area contributed by atoms with Crippen LogP contribution in [0.3, 0.4) is 0 Å². The van der Waals surface area contributed by atoms with Gasteiger partial charge in [-0.1, -0.05) is 18.2 Å². The molecule has 0 amide bonds. The van der Waals surface area contributed by atoms with Crippen LogP contribution in [0.5, 0.6) is 5.75 Å². The number of benzene rings is 2. The number of nitro benzene ring substituents is 1. The van der Waals surface area contributed by atoms with Crippen LogP contribution in [0.1, 0.15) is 15.9 Å². The van der Waals surface area contributed by atoms with E-state index in [2.05, 4.69) is 5.32 Å². The number of rotatable bonds is 6. The Balaban J connectivity index is 2.15. The highest BCUT2D eigenvalue weighted by molar-refractivity contribution is 5.91. The van der Waals surface area contributed by atoms with Crippen LogP contribution in [0, 0.1) is 10.1 Å². The van der Waals surface area contributed by atoms with E-state index >= 15 is 0 Å². The van der Waals surface area contributed by atoms with Crippen LogP contribution in [-0.4, -0.2) is 25.1 Å². The Kier molecular flexibility index (Phi) is 5.14. The molecule has 0 heterocycles. The quantitative estimate of drug-likeness (QED) is 0.500. The fourth-order valence-electron chi connectivity index (χ4n) is 2.07. The van der Waals surface area contributed by atoms with Gasteiger partial charge in [0.25, 0.3) is 5.69 Å². The zero-order valence-corrected chi connectivity index (χ0v) is 12.7. The normalized spacial score (nSPS) is 10.0. The van der Waals surface area contributed by atoms with Gasteiger partial charge in [0.15, 0.2) is 0 Å². The summed E-state index contributed by atoms with van der Waals surface area (Å²) in [5.41, 5.74) is 0.978. The maximum Gasteiger partial charge on any atom is 0.338 e. The number of nitro groups is 1. The van der Waals surface area contributed by atoms with Gasteiger partial charge in [-0.2, -0.15) is 0 Å². The smallest absolute Gasteiger partial charge is 0.338 e. The molecule has 120 valence electrons. The zero-order chi connectivity index (χ0) is 16.8. The first kappa shape index (κ1) is 16.3. The second-order valence-electron chi connectivity index (χ2n) is 4.63. The monoisotopic (exact) mass is 316 g/mol. The van der Waals surface area contributed by atoms with E-state index in [0.29, 0.717) is 17.0 Å². The minimum Gasteiger partial charge on any atom is -0.496 e. The van der Waals surface area contributed by atoms with E-state index < -0.39 is 10.9 Å². The van der Waals surface area contributed by atoms with Crippen LogP contribution < -0.4 is 10.1 Å². The van der Waals surface area contributed by atoms with Crippen molar-refractivity contribution in [3.63, 3.8) is 0 Å². The number of ether oxygens (including phenoxy) is 2. The van der Waals surface area contributed by atoms with Crippen LogP contribution >= 0.6 is 0 Å². The first-order valence-electron chi connectivity index (χ1n) is 6.82. The van der Waals surface area contributed by atoms with Gasteiger partial charge in [-0.3, -0.25) is 10.1 Å². The largest absolute Gasteiger partial charge is 0.496 e. The fourth-order valence-corrected chi connectivity index (χ4v) is 2.07. The first-order valence-corrected chi connectivity index (χ1v) is 6.82. The van der Waals surface area contributed by atoms with Gasteiger partial charge >= 0.3 is 5.97 Å². The van der Waals surface area contributed by atoms with Crippen LogP contribution in [-0.2, 0) is 11.3 Å². The lowest BCUT2D eigenvalue weighted by atomic mass is 10.1. The van der Waals surface area contributed by atoms with Gasteiger partial charge in [0.05, 0.1) is 17.6 Å². The van der Waals surface area contributed by atoms with Gasteiger partial charge < -0.3 is 14.8 Å². The van der Waals surface area contributed by atoms with Gasteiger partial charge in [-0.25, -0.2) is 4.79 Å². The number of carbonyl (C=O) groups is 1. The molecule has 0 aliphatic rings. The second-order valence-corrected chi connectivity index (χ2v) is 4.63. The van der Waals surface area contributed by atoms with E-state index in [4.69, 9.17) is 9.47 Å².